The van der Waals surface area contributed by atoms with Gasteiger partial charge in [-0.2, -0.15) is 0 Å². The number of rotatable bonds is 1. The molecule has 2 nitrogen and oxygen atoms in total. The van der Waals surface area contributed by atoms with Gasteiger partial charge in [-0.1, -0.05) is 19.1 Å². The number of carbonyl (C=O) groups excluding carboxylic acids is 1. The molecule has 0 heterocycles. The van der Waals surface area contributed by atoms with Crippen LogP contribution in [-0.2, 0) is 9.53 Å². The van der Waals surface area contributed by atoms with Gasteiger partial charge >= 0.3 is 5.97 Å². The smallest absolute Gasteiger partial charge is 0.308 e. The fourth-order valence-corrected chi connectivity index (χ4v) is 1.54. The lowest BCUT2D eigenvalue weighted by Gasteiger charge is -2.04. The predicted octanol–water partition coefficient (Wildman–Crippen LogP) is 1.76. The van der Waals surface area contributed by atoms with E-state index in [1.807, 2.05) is 0 Å². The molecular formula is C9H14O2. The number of methoxy groups -OCH3 is 1. The van der Waals surface area contributed by atoms with E-state index in [0.29, 0.717) is 5.92 Å². The Balaban J connectivity index is 2.53. The number of allylic oxidation sites excluding steroid dienone is 1. The zero-order valence-corrected chi connectivity index (χ0v) is 7.09. The summed E-state index contributed by atoms with van der Waals surface area (Å²) in [7, 11) is 1.44. The summed E-state index contributed by atoms with van der Waals surface area (Å²) in [6.45, 7) is 6.00. The molecule has 2 heteroatoms. The second-order valence-electron chi connectivity index (χ2n) is 3.22. The lowest BCUT2D eigenvalue weighted by Crippen LogP contribution is -2.12. The number of hydrogen-bond acceptors (Lipinski definition) is 2. The van der Waals surface area contributed by atoms with Gasteiger partial charge in [-0.15, -0.1) is 0 Å². The molecule has 1 saturated carbocycles. The largest absolute Gasteiger partial charge is 0.469 e. The Bertz CT molecular complexity index is 184. The lowest BCUT2D eigenvalue weighted by molar-refractivity contribution is -0.145. The van der Waals surface area contributed by atoms with Gasteiger partial charge in [0.2, 0.25) is 0 Å². The Labute approximate surface area is 67.2 Å². The summed E-state index contributed by atoms with van der Waals surface area (Å²) in [6, 6.07) is 0. The maximum Gasteiger partial charge on any atom is 0.308 e. The molecule has 0 bridgehead atoms. The van der Waals surface area contributed by atoms with Crippen LogP contribution in [0.2, 0.25) is 0 Å². The topological polar surface area (TPSA) is 26.3 Å². The molecule has 0 aromatic rings. The standard InChI is InChI=1S/C9H14O2/c1-6-4-8(5-7(6)2)9(10)11-3/h7-8H,1,4-5H2,2-3H3. The van der Waals surface area contributed by atoms with Crippen molar-refractivity contribution in [3.8, 4) is 0 Å². The van der Waals surface area contributed by atoms with Gasteiger partial charge in [0, 0.05) is 0 Å². The molecule has 0 amide bonds. The molecule has 1 rings (SSSR count). The first kappa shape index (κ1) is 8.31. The molecule has 62 valence electrons. The van der Waals surface area contributed by atoms with Crippen LogP contribution in [0.4, 0.5) is 0 Å². The summed E-state index contributed by atoms with van der Waals surface area (Å²) in [5, 5.41) is 0. The van der Waals surface area contributed by atoms with Crippen molar-refractivity contribution in [2.24, 2.45) is 11.8 Å². The molecule has 0 radical (unpaired) electrons. The van der Waals surface area contributed by atoms with Crippen LogP contribution in [0.5, 0.6) is 0 Å². The van der Waals surface area contributed by atoms with Crippen molar-refractivity contribution in [1.82, 2.24) is 0 Å². The Morgan fingerprint density at radius 3 is 2.73 bits per heavy atom. The third-order valence-corrected chi connectivity index (χ3v) is 2.38. The molecule has 1 aliphatic rings. The minimum atomic E-state index is -0.0875. The normalized spacial score (nSPS) is 30.5. The molecule has 0 aromatic heterocycles. The number of esters is 1. The molecule has 0 aromatic carbocycles. The lowest BCUT2D eigenvalue weighted by atomic mass is 10.1. The van der Waals surface area contributed by atoms with Crippen LogP contribution in [0.15, 0.2) is 12.2 Å². The maximum atomic E-state index is 11.0. The monoisotopic (exact) mass is 154 g/mol. The second-order valence-corrected chi connectivity index (χ2v) is 3.22. The first-order chi connectivity index (χ1) is 5.15. The predicted molar refractivity (Wildman–Crippen MR) is 43.0 cm³/mol. The van der Waals surface area contributed by atoms with Crippen molar-refractivity contribution in [3.05, 3.63) is 12.2 Å². The van der Waals surface area contributed by atoms with Crippen LogP contribution < -0.4 is 0 Å². The molecule has 2 unspecified atom stereocenters. The molecule has 0 N–H and O–H groups in total. The van der Waals surface area contributed by atoms with Crippen LogP contribution in [0.3, 0.4) is 0 Å². The van der Waals surface area contributed by atoms with E-state index in [0.717, 1.165) is 12.8 Å². The van der Waals surface area contributed by atoms with Gasteiger partial charge < -0.3 is 4.74 Å². The highest BCUT2D eigenvalue weighted by Crippen LogP contribution is 2.34. The van der Waals surface area contributed by atoms with E-state index < -0.39 is 0 Å². The fraction of sp³-hybridized carbons (Fsp3) is 0.667. The molecule has 1 aliphatic carbocycles. The molecule has 2 atom stereocenters. The van der Waals surface area contributed by atoms with Gasteiger partial charge in [-0.3, -0.25) is 4.79 Å². The van der Waals surface area contributed by atoms with Crippen LogP contribution in [0, 0.1) is 11.8 Å². The average molecular weight is 154 g/mol. The highest BCUT2D eigenvalue weighted by Gasteiger charge is 2.30. The summed E-state index contributed by atoms with van der Waals surface area (Å²) in [6.07, 6.45) is 1.72. The molecule has 0 aliphatic heterocycles. The van der Waals surface area contributed by atoms with Crippen LogP contribution in [-0.4, -0.2) is 13.1 Å². The fourth-order valence-electron chi connectivity index (χ4n) is 1.54. The number of ether oxygens (including phenoxy) is 1. The minimum absolute atomic E-state index is 0.0718. The van der Waals surface area contributed by atoms with Crippen molar-refractivity contribution in [3.63, 3.8) is 0 Å². The maximum absolute atomic E-state index is 11.0. The summed E-state index contributed by atoms with van der Waals surface area (Å²) >= 11 is 0. The molecule has 0 spiro atoms. The van der Waals surface area contributed by atoms with Gasteiger partial charge in [-0.25, -0.2) is 0 Å². The van der Waals surface area contributed by atoms with E-state index in [2.05, 4.69) is 18.2 Å². The van der Waals surface area contributed by atoms with E-state index in [4.69, 9.17) is 0 Å². The van der Waals surface area contributed by atoms with Crippen LogP contribution in [0.25, 0.3) is 0 Å². The highest BCUT2D eigenvalue weighted by atomic mass is 16.5. The molecule has 11 heavy (non-hydrogen) atoms. The van der Waals surface area contributed by atoms with Gasteiger partial charge in [-0.05, 0) is 18.8 Å². The van der Waals surface area contributed by atoms with Gasteiger partial charge in [0.05, 0.1) is 13.0 Å². The number of hydrogen-bond donors (Lipinski definition) is 0. The highest BCUT2D eigenvalue weighted by molar-refractivity contribution is 5.73. The number of carbonyl (C=O) groups is 1. The Morgan fingerprint density at radius 1 is 1.73 bits per heavy atom. The van der Waals surface area contributed by atoms with E-state index in [1.165, 1.54) is 12.7 Å². The summed E-state index contributed by atoms with van der Waals surface area (Å²) < 4.78 is 4.65. The van der Waals surface area contributed by atoms with Gasteiger partial charge in [0.25, 0.3) is 0 Å². The minimum Gasteiger partial charge on any atom is -0.469 e. The average Bonchev–Trinajstić information content (AvgIpc) is 2.31. The zero-order valence-electron chi connectivity index (χ0n) is 7.09. The van der Waals surface area contributed by atoms with E-state index >= 15 is 0 Å². The van der Waals surface area contributed by atoms with E-state index in [9.17, 15) is 4.79 Å². The molecule has 0 saturated heterocycles. The Hall–Kier alpha value is -0.790. The Kier molecular flexibility index (Phi) is 2.32. The van der Waals surface area contributed by atoms with E-state index in [1.54, 1.807) is 0 Å². The summed E-state index contributed by atoms with van der Waals surface area (Å²) in [5.74, 6) is 0.470. The summed E-state index contributed by atoms with van der Waals surface area (Å²) in [4.78, 5) is 11.0. The van der Waals surface area contributed by atoms with Gasteiger partial charge in [0.15, 0.2) is 0 Å². The van der Waals surface area contributed by atoms with Crippen molar-refractivity contribution in [2.45, 2.75) is 19.8 Å². The van der Waals surface area contributed by atoms with E-state index in [-0.39, 0.29) is 11.9 Å². The summed E-state index contributed by atoms with van der Waals surface area (Å²) in [5.41, 5.74) is 1.18. The molecule has 1 fully saturated rings. The van der Waals surface area contributed by atoms with Gasteiger partial charge in [0.1, 0.15) is 0 Å². The van der Waals surface area contributed by atoms with Crippen molar-refractivity contribution < 1.29 is 9.53 Å². The third-order valence-electron chi connectivity index (χ3n) is 2.38. The van der Waals surface area contributed by atoms with Crippen molar-refractivity contribution in [1.29, 1.82) is 0 Å². The third kappa shape index (κ3) is 1.62. The second kappa shape index (κ2) is 3.07. The Morgan fingerprint density at radius 2 is 2.36 bits per heavy atom. The van der Waals surface area contributed by atoms with Crippen LogP contribution in [0.1, 0.15) is 19.8 Å². The van der Waals surface area contributed by atoms with Crippen LogP contribution >= 0.6 is 0 Å². The SMILES string of the molecule is C=C1CC(C(=O)OC)CC1C. The first-order valence-electron chi connectivity index (χ1n) is 3.90. The quantitative estimate of drug-likeness (QED) is 0.425. The molecular weight excluding hydrogens is 140 g/mol. The first-order valence-corrected chi connectivity index (χ1v) is 3.90. The van der Waals surface area contributed by atoms with Crippen molar-refractivity contribution >= 4 is 5.97 Å². The van der Waals surface area contributed by atoms with Crippen molar-refractivity contribution in [2.75, 3.05) is 7.11 Å². The zero-order chi connectivity index (χ0) is 8.43.